The van der Waals surface area contributed by atoms with Gasteiger partial charge in [0.2, 0.25) is 0 Å². The minimum absolute atomic E-state index is 0.330. The SMILES string of the molecule is COc1ccc(CN[C@H](C)c2ccc(C)cc2)cc1Br. The molecule has 0 spiro atoms. The summed E-state index contributed by atoms with van der Waals surface area (Å²) in [6, 6.07) is 15.1. The molecule has 3 heteroatoms. The Balaban J connectivity index is 1.97. The lowest BCUT2D eigenvalue weighted by molar-refractivity contribution is 0.412. The quantitative estimate of drug-likeness (QED) is 0.862. The lowest BCUT2D eigenvalue weighted by Crippen LogP contribution is -2.18. The van der Waals surface area contributed by atoms with Crippen molar-refractivity contribution < 1.29 is 4.74 Å². The molecule has 0 aliphatic heterocycles. The van der Waals surface area contributed by atoms with Gasteiger partial charge in [-0.05, 0) is 53.0 Å². The van der Waals surface area contributed by atoms with Gasteiger partial charge in [-0.15, -0.1) is 0 Å². The molecule has 2 rings (SSSR count). The van der Waals surface area contributed by atoms with Gasteiger partial charge in [-0.1, -0.05) is 35.9 Å². The van der Waals surface area contributed by atoms with Gasteiger partial charge in [0, 0.05) is 12.6 Å². The van der Waals surface area contributed by atoms with Gasteiger partial charge in [0.05, 0.1) is 11.6 Å². The van der Waals surface area contributed by atoms with Crippen LogP contribution in [0.15, 0.2) is 46.9 Å². The maximum Gasteiger partial charge on any atom is 0.133 e. The maximum absolute atomic E-state index is 5.24. The van der Waals surface area contributed by atoms with Crippen LogP contribution >= 0.6 is 15.9 Å². The zero-order valence-corrected chi connectivity index (χ0v) is 13.7. The average Bonchev–Trinajstić information content (AvgIpc) is 2.45. The van der Waals surface area contributed by atoms with E-state index in [1.54, 1.807) is 7.11 Å². The van der Waals surface area contributed by atoms with E-state index in [-0.39, 0.29) is 0 Å². The Hall–Kier alpha value is -1.32. The molecule has 0 heterocycles. The van der Waals surface area contributed by atoms with Crippen molar-refractivity contribution in [2.24, 2.45) is 0 Å². The van der Waals surface area contributed by atoms with Crippen LogP contribution in [0.4, 0.5) is 0 Å². The van der Waals surface area contributed by atoms with Crippen molar-refractivity contribution in [1.82, 2.24) is 5.32 Å². The molecule has 2 aromatic carbocycles. The molecule has 0 aromatic heterocycles. The van der Waals surface area contributed by atoms with Crippen LogP contribution in [-0.4, -0.2) is 7.11 Å². The van der Waals surface area contributed by atoms with Gasteiger partial charge < -0.3 is 10.1 Å². The summed E-state index contributed by atoms with van der Waals surface area (Å²) in [7, 11) is 1.68. The van der Waals surface area contributed by atoms with Gasteiger partial charge in [0.15, 0.2) is 0 Å². The van der Waals surface area contributed by atoms with Crippen molar-refractivity contribution in [3.63, 3.8) is 0 Å². The molecule has 0 amide bonds. The normalized spacial score (nSPS) is 12.2. The van der Waals surface area contributed by atoms with E-state index in [0.29, 0.717) is 6.04 Å². The second kappa shape index (κ2) is 6.91. The van der Waals surface area contributed by atoms with E-state index in [9.17, 15) is 0 Å². The van der Waals surface area contributed by atoms with Gasteiger partial charge >= 0.3 is 0 Å². The van der Waals surface area contributed by atoms with Gasteiger partial charge in [-0.3, -0.25) is 0 Å². The van der Waals surface area contributed by atoms with E-state index < -0.39 is 0 Å². The summed E-state index contributed by atoms with van der Waals surface area (Å²) in [4.78, 5) is 0. The van der Waals surface area contributed by atoms with Gasteiger partial charge in [-0.25, -0.2) is 0 Å². The molecule has 106 valence electrons. The van der Waals surface area contributed by atoms with Crippen LogP contribution in [0.1, 0.15) is 29.7 Å². The molecule has 0 saturated heterocycles. The maximum atomic E-state index is 5.24. The number of benzene rings is 2. The van der Waals surface area contributed by atoms with E-state index in [1.807, 2.05) is 6.07 Å². The van der Waals surface area contributed by atoms with E-state index >= 15 is 0 Å². The molecule has 0 fully saturated rings. The minimum Gasteiger partial charge on any atom is -0.496 e. The van der Waals surface area contributed by atoms with Crippen LogP contribution in [0.2, 0.25) is 0 Å². The number of rotatable bonds is 5. The number of halogens is 1. The van der Waals surface area contributed by atoms with E-state index in [0.717, 1.165) is 16.8 Å². The number of nitrogens with one attached hydrogen (secondary N) is 1. The zero-order valence-electron chi connectivity index (χ0n) is 12.1. The summed E-state index contributed by atoms with van der Waals surface area (Å²) in [5.41, 5.74) is 3.83. The molecular formula is C17H20BrNO. The highest BCUT2D eigenvalue weighted by atomic mass is 79.9. The molecule has 0 saturated carbocycles. The largest absolute Gasteiger partial charge is 0.496 e. The lowest BCUT2D eigenvalue weighted by Gasteiger charge is -2.15. The first kappa shape index (κ1) is 15.1. The molecule has 1 atom stereocenters. The summed E-state index contributed by atoms with van der Waals surface area (Å²) in [6.07, 6.45) is 0. The van der Waals surface area contributed by atoms with Crippen molar-refractivity contribution in [3.05, 3.63) is 63.6 Å². The second-order valence-electron chi connectivity index (χ2n) is 4.98. The Bertz CT molecular complexity index is 566. The van der Waals surface area contributed by atoms with Crippen molar-refractivity contribution in [1.29, 1.82) is 0 Å². The summed E-state index contributed by atoms with van der Waals surface area (Å²) in [5.74, 6) is 0.861. The number of hydrogen-bond donors (Lipinski definition) is 1. The van der Waals surface area contributed by atoms with Crippen LogP contribution in [-0.2, 0) is 6.54 Å². The Labute approximate surface area is 129 Å². The molecule has 2 aromatic rings. The summed E-state index contributed by atoms with van der Waals surface area (Å²) in [5, 5.41) is 3.54. The third-order valence-electron chi connectivity index (χ3n) is 3.41. The molecule has 0 bridgehead atoms. The van der Waals surface area contributed by atoms with Crippen LogP contribution < -0.4 is 10.1 Å². The summed E-state index contributed by atoms with van der Waals surface area (Å²) >= 11 is 3.51. The third-order valence-corrected chi connectivity index (χ3v) is 4.03. The number of aryl methyl sites for hydroxylation is 1. The fraction of sp³-hybridized carbons (Fsp3) is 0.294. The zero-order chi connectivity index (χ0) is 14.5. The first-order chi connectivity index (χ1) is 9.60. The second-order valence-corrected chi connectivity index (χ2v) is 5.84. The number of hydrogen-bond acceptors (Lipinski definition) is 2. The molecule has 0 aliphatic carbocycles. The Morgan fingerprint density at radius 3 is 2.45 bits per heavy atom. The molecule has 20 heavy (non-hydrogen) atoms. The van der Waals surface area contributed by atoms with E-state index in [4.69, 9.17) is 4.74 Å². The standard InChI is InChI=1S/C17H20BrNO/c1-12-4-7-15(8-5-12)13(2)19-11-14-6-9-17(20-3)16(18)10-14/h4-10,13,19H,11H2,1-3H3/t13-/m1/s1. The minimum atomic E-state index is 0.330. The summed E-state index contributed by atoms with van der Waals surface area (Å²) < 4.78 is 6.23. The predicted molar refractivity (Wildman–Crippen MR) is 87.1 cm³/mol. The predicted octanol–water partition coefficient (Wildman–Crippen LogP) is 4.62. The van der Waals surface area contributed by atoms with E-state index in [2.05, 4.69) is 71.5 Å². The number of ether oxygens (including phenoxy) is 1. The number of methoxy groups -OCH3 is 1. The fourth-order valence-corrected chi connectivity index (χ4v) is 2.65. The molecule has 0 unspecified atom stereocenters. The highest BCUT2D eigenvalue weighted by molar-refractivity contribution is 9.10. The van der Waals surface area contributed by atoms with Crippen molar-refractivity contribution in [2.45, 2.75) is 26.4 Å². The molecular weight excluding hydrogens is 314 g/mol. The van der Waals surface area contributed by atoms with E-state index in [1.165, 1.54) is 16.7 Å². The van der Waals surface area contributed by atoms with Gasteiger partial charge in [-0.2, -0.15) is 0 Å². The van der Waals surface area contributed by atoms with Crippen molar-refractivity contribution in [3.8, 4) is 5.75 Å². The molecule has 0 radical (unpaired) electrons. The Morgan fingerprint density at radius 2 is 1.85 bits per heavy atom. The monoisotopic (exact) mass is 333 g/mol. The Kier molecular flexibility index (Phi) is 5.21. The van der Waals surface area contributed by atoms with Crippen LogP contribution in [0, 0.1) is 6.92 Å². The van der Waals surface area contributed by atoms with Crippen LogP contribution in [0.3, 0.4) is 0 Å². The molecule has 1 N–H and O–H groups in total. The molecule has 0 aliphatic rings. The van der Waals surface area contributed by atoms with Gasteiger partial charge in [0.25, 0.3) is 0 Å². The Morgan fingerprint density at radius 1 is 1.15 bits per heavy atom. The summed E-state index contributed by atoms with van der Waals surface area (Å²) in [6.45, 7) is 5.12. The first-order valence-corrected chi connectivity index (χ1v) is 7.52. The highest BCUT2D eigenvalue weighted by Gasteiger charge is 2.06. The van der Waals surface area contributed by atoms with Gasteiger partial charge in [0.1, 0.15) is 5.75 Å². The topological polar surface area (TPSA) is 21.3 Å². The van der Waals surface area contributed by atoms with Crippen molar-refractivity contribution >= 4 is 15.9 Å². The lowest BCUT2D eigenvalue weighted by atomic mass is 10.1. The highest BCUT2D eigenvalue weighted by Crippen LogP contribution is 2.25. The smallest absolute Gasteiger partial charge is 0.133 e. The molecule has 2 nitrogen and oxygen atoms in total. The van der Waals surface area contributed by atoms with Crippen LogP contribution in [0.25, 0.3) is 0 Å². The van der Waals surface area contributed by atoms with Crippen LogP contribution in [0.5, 0.6) is 5.75 Å². The van der Waals surface area contributed by atoms with Crippen molar-refractivity contribution in [2.75, 3.05) is 7.11 Å². The average molecular weight is 334 g/mol. The third kappa shape index (κ3) is 3.84. The first-order valence-electron chi connectivity index (χ1n) is 6.72. The fourth-order valence-electron chi connectivity index (χ4n) is 2.06.